The van der Waals surface area contributed by atoms with Crippen LogP contribution in [0.4, 0.5) is 18.9 Å². The molecule has 0 aromatic heterocycles. The molecule has 0 saturated carbocycles. The zero-order valence-electron chi connectivity index (χ0n) is 16.0. The quantitative estimate of drug-likeness (QED) is 0.190. The second-order valence-corrected chi connectivity index (χ2v) is 8.30. The van der Waals surface area contributed by atoms with E-state index >= 15 is 0 Å². The van der Waals surface area contributed by atoms with Gasteiger partial charge in [0.2, 0.25) is 0 Å². The van der Waals surface area contributed by atoms with Gasteiger partial charge in [-0.25, -0.2) is 0 Å². The van der Waals surface area contributed by atoms with Gasteiger partial charge in [0.15, 0.2) is 0 Å². The van der Waals surface area contributed by atoms with Crippen LogP contribution in [0.3, 0.4) is 0 Å². The van der Waals surface area contributed by atoms with Crippen molar-refractivity contribution in [2.45, 2.75) is 22.6 Å². The van der Waals surface area contributed by atoms with E-state index in [9.17, 15) is 23.3 Å². The minimum atomic E-state index is -4.50. The van der Waals surface area contributed by atoms with Crippen molar-refractivity contribution >= 4 is 46.9 Å². The summed E-state index contributed by atoms with van der Waals surface area (Å²) in [6.07, 6.45) is -3.20. The third-order valence-corrected chi connectivity index (χ3v) is 5.85. The molecule has 0 atom stereocenters. The molecule has 0 radical (unpaired) electrons. The van der Waals surface area contributed by atoms with Crippen LogP contribution in [0, 0.1) is 10.1 Å². The Hall–Kier alpha value is -2.75. The lowest BCUT2D eigenvalue weighted by molar-refractivity contribution is -0.387. The van der Waals surface area contributed by atoms with Crippen molar-refractivity contribution in [3.8, 4) is 0 Å². The minimum absolute atomic E-state index is 0.110. The summed E-state index contributed by atoms with van der Waals surface area (Å²) >= 11 is 12.6. The Kier molecular flexibility index (Phi) is 7.65. The summed E-state index contributed by atoms with van der Waals surface area (Å²) in [4.78, 5) is 16.5. The highest BCUT2D eigenvalue weighted by Crippen LogP contribution is 2.38. The molecule has 0 heterocycles. The molecule has 0 amide bonds. The molecule has 0 aliphatic rings. The molecule has 0 bridgehead atoms. The van der Waals surface area contributed by atoms with Gasteiger partial charge in [-0.05, 0) is 42.0 Å². The molecule has 0 N–H and O–H groups in total. The fourth-order valence-corrected chi connectivity index (χ4v) is 3.83. The van der Waals surface area contributed by atoms with E-state index in [4.69, 9.17) is 28.0 Å². The fourth-order valence-electron chi connectivity index (χ4n) is 2.55. The normalized spacial score (nSPS) is 11.7. The highest BCUT2D eigenvalue weighted by molar-refractivity contribution is 7.99. The average Bonchev–Trinajstić information content (AvgIpc) is 2.74. The van der Waals surface area contributed by atoms with Crippen LogP contribution in [-0.4, -0.2) is 11.1 Å². The number of hydrogen-bond acceptors (Lipinski definition) is 5. The van der Waals surface area contributed by atoms with E-state index in [1.54, 1.807) is 24.3 Å². The Morgan fingerprint density at radius 2 is 1.84 bits per heavy atom. The first kappa shape index (κ1) is 23.9. The molecular formula is C21H13Cl2F3N2O3S. The first-order valence-electron chi connectivity index (χ1n) is 8.86. The molecule has 32 heavy (non-hydrogen) atoms. The summed E-state index contributed by atoms with van der Waals surface area (Å²) in [5, 5.41) is 16.1. The second kappa shape index (κ2) is 10.2. The van der Waals surface area contributed by atoms with E-state index in [-0.39, 0.29) is 22.1 Å². The van der Waals surface area contributed by atoms with Crippen molar-refractivity contribution in [2.75, 3.05) is 0 Å². The predicted octanol–water partition coefficient (Wildman–Crippen LogP) is 7.62. The van der Waals surface area contributed by atoms with Crippen LogP contribution in [0.1, 0.15) is 16.7 Å². The van der Waals surface area contributed by atoms with Gasteiger partial charge in [-0.1, -0.05) is 58.3 Å². The van der Waals surface area contributed by atoms with Gasteiger partial charge in [-0.3, -0.25) is 10.1 Å². The zero-order chi connectivity index (χ0) is 23.3. The highest BCUT2D eigenvalue weighted by Gasteiger charge is 2.30. The van der Waals surface area contributed by atoms with E-state index in [1.807, 2.05) is 0 Å². The molecule has 166 valence electrons. The lowest BCUT2D eigenvalue weighted by Crippen LogP contribution is -2.04. The lowest BCUT2D eigenvalue weighted by Gasteiger charge is -2.09. The maximum atomic E-state index is 12.9. The maximum absolute atomic E-state index is 12.9. The Bertz CT molecular complexity index is 1170. The van der Waals surface area contributed by atoms with Gasteiger partial charge < -0.3 is 4.84 Å². The van der Waals surface area contributed by atoms with Crippen LogP contribution < -0.4 is 0 Å². The zero-order valence-corrected chi connectivity index (χ0v) is 18.3. The van der Waals surface area contributed by atoms with Crippen molar-refractivity contribution in [1.82, 2.24) is 0 Å². The largest absolute Gasteiger partial charge is 0.416 e. The Labute approximate surface area is 194 Å². The predicted molar refractivity (Wildman–Crippen MR) is 118 cm³/mol. The van der Waals surface area contributed by atoms with Crippen molar-refractivity contribution < 1.29 is 22.9 Å². The van der Waals surface area contributed by atoms with Gasteiger partial charge in [-0.15, -0.1) is 0 Å². The van der Waals surface area contributed by atoms with Crippen LogP contribution in [0.5, 0.6) is 0 Å². The third-order valence-electron chi connectivity index (χ3n) is 4.06. The van der Waals surface area contributed by atoms with E-state index in [1.165, 1.54) is 30.5 Å². The number of nitro groups is 1. The first-order valence-corrected chi connectivity index (χ1v) is 10.4. The molecule has 5 nitrogen and oxygen atoms in total. The number of alkyl halides is 3. The summed E-state index contributed by atoms with van der Waals surface area (Å²) < 4.78 is 38.7. The van der Waals surface area contributed by atoms with E-state index in [2.05, 4.69) is 5.16 Å². The van der Waals surface area contributed by atoms with Gasteiger partial charge in [0.1, 0.15) is 6.61 Å². The Morgan fingerprint density at radius 1 is 1.06 bits per heavy atom. The SMILES string of the molecule is O=[N+]([O-])c1cc(/C=N/OCc2ccc(Cl)c(Cl)c2)ccc1Sc1cccc(C(F)(F)F)c1. The van der Waals surface area contributed by atoms with Crippen LogP contribution in [0.15, 0.2) is 75.6 Å². The average molecular weight is 501 g/mol. The standard InChI is InChI=1S/C21H13Cl2F3N2O3S/c22-17-6-4-14(8-18(17)23)12-31-27-11-13-5-7-20(19(9-13)28(29)30)32-16-3-1-2-15(10-16)21(24,25)26/h1-11H,12H2/b27-11+. The summed E-state index contributed by atoms with van der Waals surface area (Å²) in [6, 6.07) is 13.8. The number of nitro benzene ring substituents is 1. The Morgan fingerprint density at radius 3 is 2.53 bits per heavy atom. The number of benzene rings is 3. The van der Waals surface area contributed by atoms with Gasteiger partial charge in [0.25, 0.3) is 5.69 Å². The molecule has 3 aromatic carbocycles. The summed E-state index contributed by atoms with van der Waals surface area (Å²) in [5.74, 6) is 0. The number of oxime groups is 1. The van der Waals surface area contributed by atoms with Crippen LogP contribution in [-0.2, 0) is 17.6 Å². The highest BCUT2D eigenvalue weighted by atomic mass is 35.5. The van der Waals surface area contributed by atoms with Crippen LogP contribution >= 0.6 is 35.0 Å². The molecule has 11 heteroatoms. The van der Waals surface area contributed by atoms with Crippen molar-refractivity contribution in [3.63, 3.8) is 0 Å². The summed E-state index contributed by atoms with van der Waals surface area (Å²) in [7, 11) is 0. The molecule has 3 aromatic rings. The molecular weight excluding hydrogens is 488 g/mol. The summed E-state index contributed by atoms with van der Waals surface area (Å²) in [5.41, 5.74) is 0.0310. The fraction of sp³-hybridized carbons (Fsp3) is 0.0952. The molecule has 0 aliphatic heterocycles. The van der Waals surface area contributed by atoms with Crippen LogP contribution in [0.25, 0.3) is 0 Å². The topological polar surface area (TPSA) is 64.7 Å². The van der Waals surface area contributed by atoms with Crippen molar-refractivity contribution in [2.24, 2.45) is 5.16 Å². The molecule has 0 saturated heterocycles. The lowest BCUT2D eigenvalue weighted by atomic mass is 10.2. The monoisotopic (exact) mass is 500 g/mol. The second-order valence-electron chi connectivity index (χ2n) is 6.37. The minimum Gasteiger partial charge on any atom is -0.391 e. The summed E-state index contributed by atoms with van der Waals surface area (Å²) in [6.45, 7) is 0.110. The third kappa shape index (κ3) is 6.38. The smallest absolute Gasteiger partial charge is 0.391 e. The molecule has 3 rings (SSSR count). The van der Waals surface area contributed by atoms with E-state index in [0.717, 1.165) is 29.5 Å². The molecule has 0 unspecified atom stereocenters. The van der Waals surface area contributed by atoms with Gasteiger partial charge >= 0.3 is 6.18 Å². The van der Waals surface area contributed by atoms with Crippen LogP contribution in [0.2, 0.25) is 10.0 Å². The van der Waals surface area contributed by atoms with E-state index < -0.39 is 16.7 Å². The first-order chi connectivity index (χ1) is 15.1. The van der Waals surface area contributed by atoms with Gasteiger partial charge in [0.05, 0.1) is 31.6 Å². The van der Waals surface area contributed by atoms with Gasteiger partial charge in [0, 0.05) is 16.5 Å². The Balaban J connectivity index is 1.72. The number of hydrogen-bond donors (Lipinski definition) is 0. The van der Waals surface area contributed by atoms with E-state index in [0.29, 0.717) is 15.6 Å². The molecule has 0 aliphatic carbocycles. The molecule has 0 fully saturated rings. The van der Waals surface area contributed by atoms with Crippen molar-refractivity contribution in [3.05, 3.63) is 97.5 Å². The number of halogens is 5. The van der Waals surface area contributed by atoms with Gasteiger partial charge in [-0.2, -0.15) is 13.2 Å². The number of nitrogens with zero attached hydrogens (tertiary/aromatic N) is 2. The number of rotatable bonds is 7. The maximum Gasteiger partial charge on any atom is 0.416 e. The molecule has 0 spiro atoms. The van der Waals surface area contributed by atoms with Crippen molar-refractivity contribution in [1.29, 1.82) is 0 Å².